The summed E-state index contributed by atoms with van der Waals surface area (Å²) in [6.45, 7) is 4.25. The van der Waals surface area contributed by atoms with Gasteiger partial charge < -0.3 is 5.32 Å². The number of fused-ring (bicyclic) bond motifs is 3. The average Bonchev–Trinajstić information content (AvgIpc) is 2.85. The van der Waals surface area contributed by atoms with Crippen LogP contribution in [0.15, 0.2) is 77.2 Å². The quantitative estimate of drug-likeness (QED) is 0.556. The Morgan fingerprint density at radius 1 is 0.852 bits per heavy atom. The Morgan fingerprint density at radius 2 is 1.59 bits per heavy atom. The zero-order chi connectivity index (χ0) is 18.5. The van der Waals surface area contributed by atoms with Crippen molar-refractivity contribution in [2.75, 3.05) is 5.32 Å². The van der Waals surface area contributed by atoms with E-state index in [9.17, 15) is 4.79 Å². The molecule has 1 aliphatic carbocycles. The molecule has 0 amide bonds. The number of benzene rings is 3. The lowest BCUT2D eigenvalue weighted by Gasteiger charge is -2.18. The first-order valence-electron chi connectivity index (χ1n) is 9.11. The van der Waals surface area contributed by atoms with E-state index in [1.165, 1.54) is 21.6 Å². The van der Waals surface area contributed by atoms with Gasteiger partial charge in [-0.2, -0.15) is 0 Å². The highest BCUT2D eigenvalue weighted by molar-refractivity contribution is 8.00. The third kappa shape index (κ3) is 2.54. The van der Waals surface area contributed by atoms with Crippen molar-refractivity contribution in [3.63, 3.8) is 0 Å². The van der Waals surface area contributed by atoms with E-state index < -0.39 is 0 Å². The third-order valence-corrected chi connectivity index (χ3v) is 6.80. The van der Waals surface area contributed by atoms with E-state index in [0.29, 0.717) is 0 Å². The number of anilines is 1. The Bertz CT molecular complexity index is 1130. The van der Waals surface area contributed by atoms with Crippen LogP contribution in [0, 0.1) is 13.8 Å². The van der Waals surface area contributed by atoms with Crippen LogP contribution in [0.4, 0.5) is 5.69 Å². The second kappa shape index (κ2) is 6.14. The maximum absolute atomic E-state index is 13.4. The van der Waals surface area contributed by atoms with Gasteiger partial charge in [0, 0.05) is 21.6 Å². The van der Waals surface area contributed by atoms with E-state index in [1.54, 1.807) is 11.8 Å². The van der Waals surface area contributed by atoms with Gasteiger partial charge in [-0.3, -0.25) is 4.79 Å². The van der Waals surface area contributed by atoms with Gasteiger partial charge in [-0.25, -0.2) is 0 Å². The standard InChI is InChI=1S/C24H19NOS/c1-14-11-12-16(13-15(14)2)24-21-22(17-7-3-4-8-18(17)23(21)26)25-19-9-5-6-10-20(19)27-24/h3-13,24-25H,1-2H3/t24-/m0/s1. The number of ketones is 1. The predicted molar refractivity (Wildman–Crippen MR) is 112 cm³/mol. The Hall–Kier alpha value is -2.78. The molecular weight excluding hydrogens is 350 g/mol. The predicted octanol–water partition coefficient (Wildman–Crippen LogP) is 6.17. The summed E-state index contributed by atoms with van der Waals surface area (Å²) in [6.07, 6.45) is 0. The van der Waals surface area contributed by atoms with Crippen LogP contribution in [0.2, 0.25) is 0 Å². The minimum atomic E-state index is -0.0321. The number of para-hydroxylation sites is 1. The Labute approximate surface area is 163 Å². The zero-order valence-corrected chi connectivity index (χ0v) is 16.1. The molecule has 0 saturated carbocycles. The van der Waals surface area contributed by atoms with Gasteiger partial charge in [-0.1, -0.05) is 54.6 Å². The molecule has 5 rings (SSSR count). The highest BCUT2D eigenvalue weighted by atomic mass is 32.2. The number of hydrogen-bond acceptors (Lipinski definition) is 3. The number of hydrogen-bond donors (Lipinski definition) is 1. The van der Waals surface area contributed by atoms with Crippen molar-refractivity contribution in [2.24, 2.45) is 0 Å². The van der Waals surface area contributed by atoms with Crippen LogP contribution in [0.25, 0.3) is 5.70 Å². The van der Waals surface area contributed by atoms with Gasteiger partial charge in [-0.05, 0) is 42.7 Å². The number of carbonyl (C=O) groups is 1. The fourth-order valence-corrected chi connectivity index (χ4v) is 5.13. The fourth-order valence-electron chi connectivity index (χ4n) is 3.84. The molecule has 0 aromatic heterocycles. The van der Waals surface area contributed by atoms with Crippen LogP contribution in [-0.2, 0) is 0 Å². The van der Waals surface area contributed by atoms with Gasteiger partial charge in [0.15, 0.2) is 5.78 Å². The van der Waals surface area contributed by atoms with Crippen LogP contribution in [0.5, 0.6) is 0 Å². The molecule has 3 aromatic carbocycles. The summed E-state index contributed by atoms with van der Waals surface area (Å²) in [5, 5.41) is 3.54. The lowest BCUT2D eigenvalue weighted by atomic mass is 9.97. The largest absolute Gasteiger partial charge is 0.354 e. The Balaban J connectivity index is 1.75. The van der Waals surface area contributed by atoms with Crippen LogP contribution >= 0.6 is 11.8 Å². The van der Waals surface area contributed by atoms with E-state index in [2.05, 4.69) is 55.6 Å². The van der Waals surface area contributed by atoms with E-state index in [-0.39, 0.29) is 11.0 Å². The van der Waals surface area contributed by atoms with Gasteiger partial charge in [0.2, 0.25) is 0 Å². The molecule has 0 spiro atoms. The van der Waals surface area contributed by atoms with Crippen molar-refractivity contribution in [1.29, 1.82) is 0 Å². The topological polar surface area (TPSA) is 29.1 Å². The molecule has 0 saturated heterocycles. The summed E-state index contributed by atoms with van der Waals surface area (Å²) in [5.74, 6) is 0.136. The third-order valence-electron chi connectivity index (χ3n) is 5.44. The second-order valence-corrected chi connectivity index (χ2v) is 8.27. The van der Waals surface area contributed by atoms with Gasteiger partial charge in [0.1, 0.15) is 0 Å². The summed E-state index contributed by atoms with van der Waals surface area (Å²) in [4.78, 5) is 14.5. The first-order valence-corrected chi connectivity index (χ1v) is 9.99. The molecule has 3 aromatic rings. The summed E-state index contributed by atoms with van der Waals surface area (Å²) >= 11 is 1.76. The highest BCUT2D eigenvalue weighted by Crippen LogP contribution is 2.52. The smallest absolute Gasteiger partial charge is 0.193 e. The van der Waals surface area contributed by atoms with Crippen LogP contribution < -0.4 is 5.32 Å². The molecule has 27 heavy (non-hydrogen) atoms. The minimum Gasteiger partial charge on any atom is -0.354 e. The SMILES string of the molecule is Cc1ccc([C@@H]2Sc3ccccc3NC3=C2C(=O)c2ccccc23)cc1C. The molecule has 3 heteroatoms. The molecule has 1 aliphatic heterocycles. The van der Waals surface area contributed by atoms with Gasteiger partial charge in [-0.15, -0.1) is 11.8 Å². The van der Waals surface area contributed by atoms with Crippen molar-refractivity contribution in [3.05, 3.63) is 100 Å². The van der Waals surface area contributed by atoms with E-state index in [1.807, 2.05) is 30.3 Å². The minimum absolute atomic E-state index is 0.0321. The number of carbonyl (C=O) groups excluding carboxylic acids is 1. The molecule has 132 valence electrons. The second-order valence-electron chi connectivity index (χ2n) is 7.13. The Kier molecular flexibility index (Phi) is 3.73. The summed E-state index contributed by atoms with van der Waals surface area (Å²) in [7, 11) is 0. The number of rotatable bonds is 1. The lowest BCUT2D eigenvalue weighted by molar-refractivity contribution is 0.103. The van der Waals surface area contributed by atoms with E-state index in [0.717, 1.165) is 28.1 Å². The summed E-state index contributed by atoms with van der Waals surface area (Å²) in [5.41, 5.74) is 8.38. The van der Waals surface area contributed by atoms with Crippen LogP contribution in [-0.4, -0.2) is 5.78 Å². The molecule has 1 N–H and O–H groups in total. The number of nitrogens with one attached hydrogen (secondary N) is 1. The van der Waals surface area contributed by atoms with Crippen molar-refractivity contribution < 1.29 is 4.79 Å². The first kappa shape index (κ1) is 16.4. The maximum Gasteiger partial charge on any atom is 0.193 e. The number of thioether (sulfide) groups is 1. The Morgan fingerprint density at radius 3 is 2.41 bits per heavy atom. The lowest BCUT2D eigenvalue weighted by Crippen LogP contribution is -2.08. The highest BCUT2D eigenvalue weighted by Gasteiger charge is 2.38. The molecule has 0 radical (unpaired) electrons. The molecule has 1 atom stereocenters. The molecule has 2 nitrogen and oxygen atoms in total. The van der Waals surface area contributed by atoms with Crippen molar-refractivity contribution >= 4 is 28.9 Å². The molecule has 0 unspecified atom stereocenters. The van der Waals surface area contributed by atoms with Crippen molar-refractivity contribution in [3.8, 4) is 0 Å². The first-order chi connectivity index (χ1) is 13.1. The van der Waals surface area contributed by atoms with Gasteiger partial charge in [0.05, 0.1) is 16.6 Å². The van der Waals surface area contributed by atoms with Crippen LogP contribution in [0.1, 0.15) is 37.9 Å². The average molecular weight is 369 g/mol. The zero-order valence-electron chi connectivity index (χ0n) is 15.2. The summed E-state index contributed by atoms with van der Waals surface area (Å²) in [6, 6.07) is 22.7. The normalized spacial score (nSPS) is 17.7. The fraction of sp³-hybridized carbons (Fsp3) is 0.125. The van der Waals surface area contributed by atoms with E-state index >= 15 is 0 Å². The molecular formula is C24H19NOS. The van der Waals surface area contributed by atoms with Gasteiger partial charge in [0.25, 0.3) is 0 Å². The maximum atomic E-state index is 13.4. The molecule has 0 bridgehead atoms. The van der Waals surface area contributed by atoms with Gasteiger partial charge >= 0.3 is 0 Å². The monoisotopic (exact) mass is 369 g/mol. The van der Waals surface area contributed by atoms with Crippen molar-refractivity contribution in [1.82, 2.24) is 0 Å². The number of Topliss-reactive ketones (excluding diaryl/α,β-unsaturated/α-hetero) is 1. The molecule has 2 aliphatic rings. The van der Waals surface area contributed by atoms with Crippen LogP contribution in [0.3, 0.4) is 0 Å². The van der Waals surface area contributed by atoms with E-state index in [4.69, 9.17) is 0 Å². The molecule has 0 fully saturated rings. The summed E-state index contributed by atoms with van der Waals surface area (Å²) < 4.78 is 0. The van der Waals surface area contributed by atoms with Crippen molar-refractivity contribution in [2.45, 2.75) is 24.0 Å². The number of aryl methyl sites for hydroxylation is 2. The molecule has 1 heterocycles.